The third kappa shape index (κ3) is 3.38. The second-order valence-corrected chi connectivity index (χ2v) is 5.10. The fourth-order valence-electron chi connectivity index (χ4n) is 1.87. The summed E-state index contributed by atoms with van der Waals surface area (Å²) < 4.78 is 2.76. The van der Waals surface area contributed by atoms with Gasteiger partial charge in [-0.15, -0.1) is 0 Å². The van der Waals surface area contributed by atoms with E-state index in [4.69, 9.17) is 0 Å². The quantitative estimate of drug-likeness (QED) is 0.909. The summed E-state index contributed by atoms with van der Waals surface area (Å²) in [5, 5.41) is 12.2. The molecular formula is C14H15BrN2O2. The van der Waals surface area contributed by atoms with Crippen molar-refractivity contribution in [1.29, 1.82) is 0 Å². The molecule has 0 saturated heterocycles. The Hall–Kier alpha value is -1.75. The number of phenolic OH excluding ortho intramolecular Hbond substituents is 1. The van der Waals surface area contributed by atoms with E-state index in [0.29, 0.717) is 12.2 Å². The number of aromatic hydroxyl groups is 1. The molecule has 2 N–H and O–H groups in total. The van der Waals surface area contributed by atoms with Crippen LogP contribution < -0.4 is 5.32 Å². The van der Waals surface area contributed by atoms with E-state index >= 15 is 0 Å². The lowest BCUT2D eigenvalue weighted by molar-refractivity contribution is 0.0941. The number of hydrogen-bond acceptors (Lipinski definition) is 2. The number of rotatable bonds is 4. The molecule has 0 unspecified atom stereocenters. The van der Waals surface area contributed by atoms with E-state index in [1.54, 1.807) is 24.3 Å². The van der Waals surface area contributed by atoms with Gasteiger partial charge in [0.2, 0.25) is 0 Å². The van der Waals surface area contributed by atoms with Crippen LogP contribution in [-0.4, -0.2) is 15.6 Å². The number of benzene rings is 1. The van der Waals surface area contributed by atoms with Crippen LogP contribution in [0.15, 0.2) is 41.0 Å². The number of nitrogens with one attached hydrogen (secondary N) is 1. The van der Waals surface area contributed by atoms with Crippen LogP contribution in [0.25, 0.3) is 0 Å². The average molecular weight is 323 g/mol. The maximum absolute atomic E-state index is 12.1. The van der Waals surface area contributed by atoms with Crippen molar-refractivity contribution >= 4 is 21.8 Å². The van der Waals surface area contributed by atoms with Gasteiger partial charge in [0.15, 0.2) is 0 Å². The Kier molecular flexibility index (Phi) is 4.27. The zero-order valence-electron chi connectivity index (χ0n) is 10.6. The molecule has 100 valence electrons. The summed E-state index contributed by atoms with van der Waals surface area (Å²) in [5.41, 5.74) is 1.48. The molecule has 5 heteroatoms. The largest absolute Gasteiger partial charge is 0.508 e. The molecule has 0 radical (unpaired) electrons. The molecule has 0 aliphatic heterocycles. The molecule has 19 heavy (non-hydrogen) atoms. The molecule has 1 heterocycles. The van der Waals surface area contributed by atoms with E-state index in [1.807, 2.05) is 23.8 Å². The lowest BCUT2D eigenvalue weighted by Crippen LogP contribution is -2.25. The van der Waals surface area contributed by atoms with Crippen LogP contribution in [-0.2, 0) is 13.1 Å². The summed E-state index contributed by atoms with van der Waals surface area (Å²) in [6.45, 7) is 3.11. The Morgan fingerprint density at radius 2 is 2.21 bits per heavy atom. The van der Waals surface area contributed by atoms with Crippen molar-refractivity contribution < 1.29 is 9.90 Å². The molecule has 0 spiro atoms. The van der Waals surface area contributed by atoms with Gasteiger partial charge in [0.05, 0.1) is 0 Å². The number of aryl methyl sites for hydroxylation is 1. The van der Waals surface area contributed by atoms with Crippen molar-refractivity contribution in [2.45, 2.75) is 20.0 Å². The van der Waals surface area contributed by atoms with Crippen LogP contribution in [0.2, 0.25) is 0 Å². The highest BCUT2D eigenvalue weighted by Gasteiger charge is 2.11. The van der Waals surface area contributed by atoms with Crippen LogP contribution in [0.5, 0.6) is 5.75 Å². The van der Waals surface area contributed by atoms with Crippen molar-refractivity contribution in [1.82, 2.24) is 9.88 Å². The van der Waals surface area contributed by atoms with Crippen molar-refractivity contribution in [2.24, 2.45) is 0 Å². The Morgan fingerprint density at radius 1 is 1.42 bits per heavy atom. The van der Waals surface area contributed by atoms with Gasteiger partial charge < -0.3 is 15.0 Å². The van der Waals surface area contributed by atoms with Gasteiger partial charge in [-0.1, -0.05) is 12.1 Å². The van der Waals surface area contributed by atoms with Gasteiger partial charge in [-0.2, -0.15) is 0 Å². The van der Waals surface area contributed by atoms with Crippen molar-refractivity contribution in [3.8, 4) is 5.75 Å². The predicted molar refractivity (Wildman–Crippen MR) is 77.1 cm³/mol. The second kappa shape index (κ2) is 5.93. The summed E-state index contributed by atoms with van der Waals surface area (Å²) >= 11 is 3.36. The summed E-state index contributed by atoms with van der Waals surface area (Å²) in [7, 11) is 0. The number of amides is 1. The lowest BCUT2D eigenvalue weighted by atomic mass is 10.2. The maximum atomic E-state index is 12.1. The minimum atomic E-state index is -0.129. The first-order valence-electron chi connectivity index (χ1n) is 6.02. The molecule has 0 saturated carbocycles. The maximum Gasteiger partial charge on any atom is 0.268 e. The van der Waals surface area contributed by atoms with Crippen LogP contribution in [0.3, 0.4) is 0 Å². The normalized spacial score (nSPS) is 10.4. The zero-order valence-corrected chi connectivity index (χ0v) is 12.1. The molecule has 2 aromatic rings. The van der Waals surface area contributed by atoms with E-state index in [2.05, 4.69) is 21.2 Å². The average Bonchev–Trinajstić information content (AvgIpc) is 2.77. The number of carbonyl (C=O) groups excluding carboxylic acids is 1. The van der Waals surface area contributed by atoms with Crippen LogP contribution in [0.4, 0.5) is 0 Å². The Balaban J connectivity index is 2.05. The second-order valence-electron chi connectivity index (χ2n) is 4.18. The first-order chi connectivity index (χ1) is 9.10. The van der Waals surface area contributed by atoms with Gasteiger partial charge in [-0.05, 0) is 46.6 Å². The topological polar surface area (TPSA) is 54.3 Å². The van der Waals surface area contributed by atoms with E-state index in [0.717, 1.165) is 16.6 Å². The number of carbonyl (C=O) groups is 1. The smallest absolute Gasteiger partial charge is 0.268 e. The highest BCUT2D eigenvalue weighted by Crippen LogP contribution is 2.15. The molecule has 1 aromatic carbocycles. The zero-order chi connectivity index (χ0) is 13.8. The van der Waals surface area contributed by atoms with Gasteiger partial charge in [0, 0.05) is 23.8 Å². The highest BCUT2D eigenvalue weighted by atomic mass is 79.9. The minimum Gasteiger partial charge on any atom is -0.508 e. The van der Waals surface area contributed by atoms with E-state index < -0.39 is 0 Å². The number of aromatic nitrogens is 1. The van der Waals surface area contributed by atoms with Gasteiger partial charge in [0.25, 0.3) is 5.91 Å². The van der Waals surface area contributed by atoms with Crippen LogP contribution >= 0.6 is 15.9 Å². The molecule has 0 fully saturated rings. The molecule has 2 rings (SSSR count). The molecular weight excluding hydrogens is 308 g/mol. The number of halogens is 1. The first kappa shape index (κ1) is 13.7. The monoisotopic (exact) mass is 322 g/mol. The summed E-state index contributed by atoms with van der Waals surface area (Å²) in [6.07, 6.45) is 1.88. The number of hydrogen-bond donors (Lipinski definition) is 2. The van der Waals surface area contributed by atoms with Gasteiger partial charge in [-0.3, -0.25) is 4.79 Å². The van der Waals surface area contributed by atoms with Crippen LogP contribution in [0, 0.1) is 0 Å². The molecule has 4 nitrogen and oxygen atoms in total. The lowest BCUT2D eigenvalue weighted by Gasteiger charge is -2.08. The molecule has 0 bridgehead atoms. The minimum absolute atomic E-state index is 0.129. The van der Waals surface area contributed by atoms with Crippen molar-refractivity contribution in [3.63, 3.8) is 0 Å². The summed E-state index contributed by atoms with van der Waals surface area (Å²) in [5.74, 6) is 0.0716. The third-order valence-electron chi connectivity index (χ3n) is 2.80. The fraction of sp³-hybridized carbons (Fsp3) is 0.214. The number of nitrogens with zero attached hydrogens (tertiary/aromatic N) is 1. The van der Waals surface area contributed by atoms with E-state index in [-0.39, 0.29) is 11.7 Å². The van der Waals surface area contributed by atoms with Gasteiger partial charge in [0.1, 0.15) is 11.4 Å². The Labute approximate surface area is 120 Å². The highest BCUT2D eigenvalue weighted by molar-refractivity contribution is 9.10. The van der Waals surface area contributed by atoms with Crippen molar-refractivity contribution in [2.75, 3.05) is 0 Å². The SMILES string of the molecule is CCn1cc(Br)cc1C(=O)NCc1cccc(O)c1. The third-order valence-corrected chi connectivity index (χ3v) is 3.23. The van der Waals surface area contributed by atoms with Crippen molar-refractivity contribution in [3.05, 3.63) is 52.3 Å². The molecule has 1 amide bonds. The van der Waals surface area contributed by atoms with Gasteiger partial charge >= 0.3 is 0 Å². The Bertz CT molecular complexity index is 593. The number of phenols is 1. The summed E-state index contributed by atoms with van der Waals surface area (Å²) in [4.78, 5) is 12.1. The molecule has 0 aliphatic rings. The molecule has 0 atom stereocenters. The van der Waals surface area contributed by atoms with Gasteiger partial charge in [-0.25, -0.2) is 0 Å². The molecule has 0 aliphatic carbocycles. The predicted octanol–water partition coefficient (Wildman–Crippen LogP) is 2.91. The Morgan fingerprint density at radius 3 is 2.89 bits per heavy atom. The first-order valence-corrected chi connectivity index (χ1v) is 6.81. The fourth-order valence-corrected chi connectivity index (χ4v) is 2.33. The molecule has 1 aromatic heterocycles. The van der Waals surface area contributed by atoms with E-state index in [9.17, 15) is 9.90 Å². The van der Waals surface area contributed by atoms with Crippen LogP contribution in [0.1, 0.15) is 23.0 Å². The summed E-state index contributed by atoms with van der Waals surface area (Å²) in [6, 6.07) is 8.64. The standard InChI is InChI=1S/C14H15BrN2O2/c1-2-17-9-11(15)7-13(17)14(19)16-8-10-4-3-5-12(18)6-10/h3-7,9,18H,2,8H2,1H3,(H,16,19). The van der Waals surface area contributed by atoms with E-state index in [1.165, 1.54) is 0 Å².